The van der Waals surface area contributed by atoms with Gasteiger partial charge in [-0.15, -0.1) is 0 Å². The van der Waals surface area contributed by atoms with Crippen molar-refractivity contribution in [2.24, 2.45) is 0 Å². The van der Waals surface area contributed by atoms with Gasteiger partial charge >= 0.3 is 5.97 Å². The van der Waals surface area contributed by atoms with E-state index in [4.69, 9.17) is 32.5 Å². The van der Waals surface area contributed by atoms with E-state index in [1.807, 2.05) is 56.3 Å². The number of hydrogen-bond donors (Lipinski definition) is 2. The summed E-state index contributed by atoms with van der Waals surface area (Å²) in [5, 5.41) is 15.3. The van der Waals surface area contributed by atoms with E-state index in [1.165, 1.54) is 0 Å². The molecule has 0 atom stereocenters. The molecule has 5 aromatic rings. The van der Waals surface area contributed by atoms with Crippen LogP contribution in [0.4, 0.5) is 0 Å². The second kappa shape index (κ2) is 9.72. The Balaban J connectivity index is 1.39. The molecule has 0 spiro atoms. The van der Waals surface area contributed by atoms with Crippen LogP contribution < -0.4 is 4.74 Å². The number of hydrogen-bond acceptors (Lipinski definition) is 4. The lowest BCUT2D eigenvalue weighted by molar-refractivity contribution is 0.0691. The number of aromatic nitrogens is 2. The number of nitrogens with zero attached hydrogens (tertiary/aromatic N) is 1. The van der Waals surface area contributed by atoms with Crippen molar-refractivity contribution in [3.63, 3.8) is 0 Å². The molecule has 6 nitrogen and oxygen atoms in total. The number of rotatable bonds is 7. The summed E-state index contributed by atoms with van der Waals surface area (Å²) in [6.45, 7) is 4.29. The summed E-state index contributed by atoms with van der Waals surface area (Å²) in [7, 11) is 0. The van der Waals surface area contributed by atoms with Crippen molar-refractivity contribution in [1.29, 1.82) is 0 Å². The van der Waals surface area contributed by atoms with E-state index in [1.54, 1.807) is 24.3 Å². The molecule has 0 saturated carbocycles. The smallest absolute Gasteiger partial charge is 0.352 e. The second-order valence-corrected chi connectivity index (χ2v) is 9.54. The van der Waals surface area contributed by atoms with Crippen molar-refractivity contribution < 1.29 is 19.2 Å². The third-order valence-corrected chi connectivity index (χ3v) is 6.60. The van der Waals surface area contributed by atoms with Gasteiger partial charge in [0.15, 0.2) is 0 Å². The van der Waals surface area contributed by atoms with E-state index < -0.39 is 5.97 Å². The van der Waals surface area contributed by atoms with Gasteiger partial charge in [-0.05, 0) is 47.5 Å². The molecule has 36 heavy (non-hydrogen) atoms. The van der Waals surface area contributed by atoms with Crippen molar-refractivity contribution in [2.45, 2.75) is 26.4 Å². The molecule has 182 valence electrons. The van der Waals surface area contributed by atoms with E-state index in [2.05, 4.69) is 10.1 Å². The minimum absolute atomic E-state index is 0.0954. The van der Waals surface area contributed by atoms with Crippen molar-refractivity contribution in [2.75, 3.05) is 0 Å². The van der Waals surface area contributed by atoms with Crippen LogP contribution in [0.3, 0.4) is 0 Å². The molecule has 0 unspecified atom stereocenters. The summed E-state index contributed by atoms with van der Waals surface area (Å²) in [6.07, 6.45) is 0. The maximum atomic E-state index is 11.2. The van der Waals surface area contributed by atoms with Crippen LogP contribution in [0.1, 0.15) is 41.6 Å². The number of halogens is 2. The van der Waals surface area contributed by atoms with Crippen LogP contribution in [0.2, 0.25) is 10.0 Å². The maximum absolute atomic E-state index is 11.2. The van der Waals surface area contributed by atoms with Crippen LogP contribution >= 0.6 is 23.2 Å². The first-order valence-corrected chi connectivity index (χ1v) is 12.1. The predicted molar refractivity (Wildman–Crippen MR) is 141 cm³/mol. The second-order valence-electron chi connectivity index (χ2n) is 8.73. The first kappa shape index (κ1) is 24.0. The SMILES string of the molecule is CC(C)c1onc(-c2c(Cl)cccc2Cl)c1COc1ccc(-c2ccc3cc(C(=O)O)[nH]c3c2)cc1. The highest BCUT2D eigenvalue weighted by Crippen LogP contribution is 2.39. The van der Waals surface area contributed by atoms with Gasteiger partial charge in [0.1, 0.15) is 29.5 Å². The van der Waals surface area contributed by atoms with Crippen LogP contribution in [0.25, 0.3) is 33.3 Å². The van der Waals surface area contributed by atoms with Crippen molar-refractivity contribution in [3.05, 3.63) is 93.8 Å². The predicted octanol–water partition coefficient (Wildman–Crippen LogP) is 8.20. The fourth-order valence-corrected chi connectivity index (χ4v) is 4.73. The fourth-order valence-electron chi connectivity index (χ4n) is 4.16. The monoisotopic (exact) mass is 520 g/mol. The summed E-state index contributed by atoms with van der Waals surface area (Å²) < 4.78 is 11.8. The average Bonchev–Trinajstić information content (AvgIpc) is 3.47. The third-order valence-electron chi connectivity index (χ3n) is 5.97. The quantitative estimate of drug-likeness (QED) is 0.225. The summed E-state index contributed by atoms with van der Waals surface area (Å²) in [6, 6.07) is 20.4. The van der Waals surface area contributed by atoms with Gasteiger partial charge < -0.3 is 19.4 Å². The lowest BCUT2D eigenvalue weighted by Crippen LogP contribution is -2.01. The molecular formula is C28H22Cl2N2O4. The van der Waals surface area contributed by atoms with E-state index >= 15 is 0 Å². The number of aromatic carboxylic acids is 1. The van der Waals surface area contributed by atoms with Crippen LogP contribution in [0, 0.1) is 0 Å². The molecule has 0 aliphatic carbocycles. The minimum atomic E-state index is -0.984. The first-order valence-electron chi connectivity index (χ1n) is 11.3. The minimum Gasteiger partial charge on any atom is -0.489 e. The number of fused-ring (bicyclic) bond motifs is 1. The Morgan fingerprint density at radius 1 is 1.03 bits per heavy atom. The highest BCUT2D eigenvalue weighted by atomic mass is 35.5. The van der Waals surface area contributed by atoms with Crippen LogP contribution in [0.5, 0.6) is 5.75 Å². The molecule has 2 heterocycles. The molecule has 2 N–H and O–H groups in total. The van der Waals surface area contributed by atoms with E-state index in [9.17, 15) is 9.90 Å². The van der Waals surface area contributed by atoms with Gasteiger partial charge in [-0.25, -0.2) is 4.79 Å². The maximum Gasteiger partial charge on any atom is 0.352 e. The van der Waals surface area contributed by atoms with E-state index in [0.29, 0.717) is 27.1 Å². The lowest BCUT2D eigenvalue weighted by atomic mass is 10.0. The standard InChI is InChI=1S/C28H22Cl2N2O4/c1-15(2)27-20(26(32-36-27)25-21(29)4-3-5-22(25)30)14-35-19-10-8-16(9-11-19)17-6-7-18-13-24(28(33)34)31-23(18)12-17/h3-13,15,31H,14H2,1-2H3,(H,33,34). The Bertz CT molecular complexity index is 1550. The third kappa shape index (κ3) is 4.57. The van der Waals surface area contributed by atoms with Crippen molar-refractivity contribution in [1.82, 2.24) is 10.1 Å². The molecule has 0 bridgehead atoms. The molecule has 0 aliphatic rings. The lowest BCUT2D eigenvalue weighted by Gasteiger charge is -2.11. The Morgan fingerprint density at radius 2 is 1.72 bits per heavy atom. The van der Waals surface area contributed by atoms with E-state index in [-0.39, 0.29) is 18.2 Å². The molecule has 8 heteroatoms. The van der Waals surface area contributed by atoms with Gasteiger partial charge in [0, 0.05) is 22.4 Å². The van der Waals surface area contributed by atoms with E-state index in [0.717, 1.165) is 33.4 Å². The molecule has 0 amide bonds. The molecule has 0 radical (unpaired) electrons. The number of carbonyl (C=O) groups is 1. The number of H-pyrrole nitrogens is 1. The Morgan fingerprint density at radius 3 is 2.39 bits per heavy atom. The van der Waals surface area contributed by atoms with Gasteiger partial charge in [0.25, 0.3) is 0 Å². The molecule has 0 aliphatic heterocycles. The number of benzene rings is 3. The molecule has 2 aromatic heterocycles. The summed E-state index contributed by atoms with van der Waals surface area (Å²) in [5.41, 5.74) is 4.87. The number of carboxylic acids is 1. The number of nitrogens with one attached hydrogen (secondary N) is 1. The molecule has 3 aromatic carbocycles. The number of carboxylic acid groups (broad SMARTS) is 1. The van der Waals surface area contributed by atoms with Crippen LogP contribution in [0.15, 0.2) is 71.3 Å². The number of ether oxygens (including phenoxy) is 1. The first-order chi connectivity index (χ1) is 17.3. The highest BCUT2D eigenvalue weighted by molar-refractivity contribution is 6.39. The van der Waals surface area contributed by atoms with Gasteiger partial charge in [0.05, 0.1) is 15.6 Å². The molecule has 0 saturated heterocycles. The Hall–Kier alpha value is -3.74. The Kier molecular flexibility index (Phi) is 6.48. The largest absolute Gasteiger partial charge is 0.489 e. The normalized spacial score (nSPS) is 11.4. The van der Waals surface area contributed by atoms with Crippen LogP contribution in [-0.4, -0.2) is 21.2 Å². The summed E-state index contributed by atoms with van der Waals surface area (Å²) in [5.74, 6) is 0.512. The van der Waals surface area contributed by atoms with Gasteiger partial charge in [-0.2, -0.15) is 0 Å². The molecule has 0 fully saturated rings. The Labute approximate surface area is 217 Å². The van der Waals surface area contributed by atoms with Crippen LogP contribution in [-0.2, 0) is 6.61 Å². The molecule has 5 rings (SSSR count). The van der Waals surface area contributed by atoms with Crippen molar-refractivity contribution in [3.8, 4) is 28.1 Å². The highest BCUT2D eigenvalue weighted by Gasteiger charge is 2.23. The summed E-state index contributed by atoms with van der Waals surface area (Å²) >= 11 is 12.9. The van der Waals surface area contributed by atoms with Gasteiger partial charge in [-0.1, -0.05) is 72.5 Å². The average molecular weight is 521 g/mol. The number of aromatic amines is 1. The fraction of sp³-hybridized carbons (Fsp3) is 0.143. The molecular weight excluding hydrogens is 499 g/mol. The summed E-state index contributed by atoms with van der Waals surface area (Å²) in [4.78, 5) is 14.2. The van der Waals surface area contributed by atoms with Gasteiger partial charge in [0.2, 0.25) is 0 Å². The zero-order chi connectivity index (χ0) is 25.4. The topological polar surface area (TPSA) is 88.3 Å². The zero-order valence-electron chi connectivity index (χ0n) is 19.5. The van der Waals surface area contributed by atoms with Gasteiger partial charge in [-0.3, -0.25) is 0 Å². The zero-order valence-corrected chi connectivity index (χ0v) is 21.0. The van der Waals surface area contributed by atoms with Crippen molar-refractivity contribution >= 4 is 40.1 Å².